The van der Waals surface area contributed by atoms with Gasteiger partial charge < -0.3 is 0 Å². The minimum Gasteiger partial charge on any atom is -0.296 e. The quantitative estimate of drug-likeness (QED) is 0.728. The van der Waals surface area contributed by atoms with Crippen LogP contribution in [0.3, 0.4) is 0 Å². The molecule has 2 aromatic heterocycles. The van der Waals surface area contributed by atoms with Crippen molar-refractivity contribution >= 4 is 17.6 Å². The van der Waals surface area contributed by atoms with Crippen LogP contribution in [0.25, 0.3) is 10.7 Å². The van der Waals surface area contributed by atoms with Crippen molar-refractivity contribution in [3.8, 4) is 10.7 Å². The standard InChI is InChI=1S/C11H10N2OS/c1-7-3-8(2)10(12-4-7)11-13-9(5-14)6-15-11/h3-6H,1-2H3. The van der Waals surface area contributed by atoms with Gasteiger partial charge >= 0.3 is 0 Å². The van der Waals surface area contributed by atoms with Gasteiger partial charge in [0.15, 0.2) is 6.29 Å². The number of rotatable bonds is 2. The van der Waals surface area contributed by atoms with E-state index in [9.17, 15) is 4.79 Å². The molecule has 0 aromatic carbocycles. The maximum absolute atomic E-state index is 10.5. The third-order valence-electron chi connectivity index (χ3n) is 2.06. The van der Waals surface area contributed by atoms with Gasteiger partial charge in [-0.2, -0.15) is 0 Å². The average Bonchev–Trinajstić information content (AvgIpc) is 2.66. The molecule has 0 N–H and O–H groups in total. The molecular weight excluding hydrogens is 208 g/mol. The van der Waals surface area contributed by atoms with E-state index in [1.807, 2.05) is 20.0 Å². The first-order valence-electron chi connectivity index (χ1n) is 4.55. The Morgan fingerprint density at radius 1 is 1.40 bits per heavy atom. The van der Waals surface area contributed by atoms with Crippen molar-refractivity contribution in [1.29, 1.82) is 0 Å². The fourth-order valence-corrected chi connectivity index (χ4v) is 2.21. The lowest BCUT2D eigenvalue weighted by Gasteiger charge is -2.01. The molecule has 0 atom stereocenters. The zero-order valence-electron chi connectivity index (χ0n) is 8.52. The predicted octanol–water partition coefficient (Wildman–Crippen LogP) is 2.63. The Bertz CT molecular complexity index is 505. The third kappa shape index (κ3) is 1.94. The molecule has 2 heterocycles. The molecule has 0 aliphatic rings. The predicted molar refractivity (Wildman–Crippen MR) is 60.2 cm³/mol. The van der Waals surface area contributed by atoms with E-state index in [-0.39, 0.29) is 0 Å². The summed E-state index contributed by atoms with van der Waals surface area (Å²) < 4.78 is 0. The first-order chi connectivity index (χ1) is 7.20. The summed E-state index contributed by atoms with van der Waals surface area (Å²) in [5.41, 5.74) is 3.54. The molecule has 0 fully saturated rings. The van der Waals surface area contributed by atoms with E-state index in [1.165, 1.54) is 11.3 Å². The zero-order chi connectivity index (χ0) is 10.8. The van der Waals surface area contributed by atoms with Crippen molar-refractivity contribution in [3.63, 3.8) is 0 Å². The molecule has 0 unspecified atom stereocenters. The Morgan fingerprint density at radius 2 is 2.20 bits per heavy atom. The largest absolute Gasteiger partial charge is 0.296 e. The summed E-state index contributed by atoms with van der Waals surface area (Å²) in [6.07, 6.45) is 2.56. The topological polar surface area (TPSA) is 42.9 Å². The fraction of sp³-hybridized carbons (Fsp3) is 0.182. The lowest BCUT2D eigenvalue weighted by molar-refractivity contribution is 0.111. The number of aryl methyl sites for hydroxylation is 2. The molecule has 2 aromatic rings. The molecule has 2 rings (SSSR count). The van der Waals surface area contributed by atoms with Gasteiger partial charge in [0.1, 0.15) is 16.4 Å². The first kappa shape index (κ1) is 9.98. The van der Waals surface area contributed by atoms with E-state index >= 15 is 0 Å². The Hall–Kier alpha value is -1.55. The number of pyridine rings is 1. The van der Waals surface area contributed by atoms with Crippen molar-refractivity contribution < 1.29 is 4.79 Å². The van der Waals surface area contributed by atoms with Crippen LogP contribution in [0.15, 0.2) is 17.6 Å². The number of carbonyl (C=O) groups is 1. The zero-order valence-corrected chi connectivity index (χ0v) is 9.34. The van der Waals surface area contributed by atoms with Crippen molar-refractivity contribution in [3.05, 3.63) is 34.5 Å². The summed E-state index contributed by atoms with van der Waals surface area (Å²) in [7, 11) is 0. The van der Waals surface area contributed by atoms with Crippen LogP contribution in [0.5, 0.6) is 0 Å². The first-order valence-corrected chi connectivity index (χ1v) is 5.43. The highest BCUT2D eigenvalue weighted by molar-refractivity contribution is 7.13. The van der Waals surface area contributed by atoms with Crippen molar-refractivity contribution in [2.75, 3.05) is 0 Å². The minimum atomic E-state index is 0.469. The monoisotopic (exact) mass is 218 g/mol. The van der Waals surface area contributed by atoms with E-state index in [1.54, 1.807) is 5.38 Å². The van der Waals surface area contributed by atoms with Crippen LogP contribution in [-0.4, -0.2) is 16.3 Å². The third-order valence-corrected chi connectivity index (χ3v) is 2.93. The van der Waals surface area contributed by atoms with E-state index < -0.39 is 0 Å². The molecular formula is C11H10N2OS. The second-order valence-corrected chi connectivity index (χ2v) is 4.23. The van der Waals surface area contributed by atoms with Gasteiger partial charge in [-0.1, -0.05) is 6.07 Å². The molecule has 0 amide bonds. The van der Waals surface area contributed by atoms with E-state index in [0.29, 0.717) is 5.69 Å². The van der Waals surface area contributed by atoms with Crippen LogP contribution in [-0.2, 0) is 0 Å². The Balaban J connectivity index is 2.49. The molecule has 0 spiro atoms. The molecule has 3 nitrogen and oxygen atoms in total. The van der Waals surface area contributed by atoms with Gasteiger partial charge in [-0.25, -0.2) is 4.98 Å². The van der Waals surface area contributed by atoms with Crippen LogP contribution >= 0.6 is 11.3 Å². The van der Waals surface area contributed by atoms with Gasteiger partial charge in [-0.3, -0.25) is 9.78 Å². The number of carbonyl (C=O) groups excluding carboxylic acids is 1. The van der Waals surface area contributed by atoms with Crippen LogP contribution in [0.1, 0.15) is 21.6 Å². The molecule has 0 saturated carbocycles. The summed E-state index contributed by atoms with van der Waals surface area (Å²) in [4.78, 5) is 19.0. The van der Waals surface area contributed by atoms with Crippen molar-refractivity contribution in [2.45, 2.75) is 13.8 Å². The molecule has 0 radical (unpaired) electrons. The van der Waals surface area contributed by atoms with Gasteiger partial charge in [-0.05, 0) is 25.0 Å². The highest BCUT2D eigenvalue weighted by Crippen LogP contribution is 2.24. The maximum atomic E-state index is 10.5. The van der Waals surface area contributed by atoms with Gasteiger partial charge in [0, 0.05) is 11.6 Å². The highest BCUT2D eigenvalue weighted by Gasteiger charge is 2.08. The van der Waals surface area contributed by atoms with E-state index in [0.717, 1.165) is 28.1 Å². The minimum absolute atomic E-state index is 0.469. The number of aromatic nitrogens is 2. The highest BCUT2D eigenvalue weighted by atomic mass is 32.1. The normalized spacial score (nSPS) is 10.3. The van der Waals surface area contributed by atoms with Gasteiger partial charge in [0.25, 0.3) is 0 Å². The molecule has 15 heavy (non-hydrogen) atoms. The van der Waals surface area contributed by atoms with Gasteiger partial charge in [0.2, 0.25) is 0 Å². The van der Waals surface area contributed by atoms with Crippen LogP contribution in [0, 0.1) is 13.8 Å². The molecule has 76 valence electrons. The molecule has 4 heteroatoms. The molecule has 0 aliphatic carbocycles. The van der Waals surface area contributed by atoms with E-state index in [4.69, 9.17) is 0 Å². The van der Waals surface area contributed by atoms with Crippen LogP contribution in [0.2, 0.25) is 0 Å². The lowest BCUT2D eigenvalue weighted by atomic mass is 10.2. The average molecular weight is 218 g/mol. The molecule has 0 saturated heterocycles. The SMILES string of the molecule is Cc1cnc(-c2nc(C=O)cs2)c(C)c1. The van der Waals surface area contributed by atoms with Crippen molar-refractivity contribution in [2.24, 2.45) is 0 Å². The summed E-state index contributed by atoms with van der Waals surface area (Å²) in [6.45, 7) is 4.00. The summed E-state index contributed by atoms with van der Waals surface area (Å²) in [5, 5.41) is 2.54. The Kier molecular flexibility index (Phi) is 2.60. The maximum Gasteiger partial charge on any atom is 0.169 e. The Labute approximate surface area is 91.8 Å². The second-order valence-electron chi connectivity index (χ2n) is 3.37. The molecule has 0 aliphatic heterocycles. The fourth-order valence-electron chi connectivity index (χ4n) is 1.39. The number of hydrogen-bond donors (Lipinski definition) is 0. The molecule has 0 bridgehead atoms. The Morgan fingerprint density at radius 3 is 2.80 bits per heavy atom. The van der Waals surface area contributed by atoms with Gasteiger partial charge in [-0.15, -0.1) is 11.3 Å². The van der Waals surface area contributed by atoms with Crippen LogP contribution in [0.4, 0.5) is 0 Å². The number of nitrogens with zero attached hydrogens (tertiary/aromatic N) is 2. The van der Waals surface area contributed by atoms with E-state index in [2.05, 4.69) is 16.0 Å². The summed E-state index contributed by atoms with van der Waals surface area (Å²) in [6, 6.07) is 2.06. The number of hydrogen-bond acceptors (Lipinski definition) is 4. The lowest BCUT2D eigenvalue weighted by Crippen LogP contribution is -1.89. The second kappa shape index (κ2) is 3.90. The smallest absolute Gasteiger partial charge is 0.169 e. The van der Waals surface area contributed by atoms with Crippen LogP contribution < -0.4 is 0 Å². The number of aldehydes is 1. The summed E-state index contributed by atoms with van der Waals surface area (Å²) >= 11 is 1.44. The van der Waals surface area contributed by atoms with Gasteiger partial charge in [0.05, 0.1) is 0 Å². The summed E-state index contributed by atoms with van der Waals surface area (Å²) in [5.74, 6) is 0. The number of thiazole rings is 1. The van der Waals surface area contributed by atoms with Crippen molar-refractivity contribution in [1.82, 2.24) is 9.97 Å².